The van der Waals surface area contributed by atoms with E-state index in [0.29, 0.717) is 32.6 Å². The van der Waals surface area contributed by atoms with Gasteiger partial charge in [0.2, 0.25) is 11.0 Å². The van der Waals surface area contributed by atoms with Crippen LogP contribution in [0.3, 0.4) is 0 Å². The summed E-state index contributed by atoms with van der Waals surface area (Å²) in [5, 5.41) is 13.2. The fourth-order valence-corrected chi connectivity index (χ4v) is 4.62. The molecule has 0 saturated heterocycles. The van der Waals surface area contributed by atoms with Gasteiger partial charge in [0.25, 0.3) is 0 Å². The average molecular weight is 385 g/mol. The van der Waals surface area contributed by atoms with Crippen LogP contribution in [-0.2, 0) is 9.53 Å². The Bertz CT molecular complexity index is 754. The van der Waals surface area contributed by atoms with Crippen molar-refractivity contribution in [3.05, 3.63) is 16.5 Å². The van der Waals surface area contributed by atoms with Crippen molar-refractivity contribution < 1.29 is 14.3 Å². The number of esters is 1. The Morgan fingerprint density at radius 1 is 1.46 bits per heavy atom. The summed E-state index contributed by atoms with van der Waals surface area (Å²) < 4.78 is 5.78. The van der Waals surface area contributed by atoms with Crippen LogP contribution in [0.1, 0.15) is 41.6 Å². The fraction of sp³-hybridized carbons (Fsp3) is 0.429. The number of ether oxygens (including phenoxy) is 1. The summed E-state index contributed by atoms with van der Waals surface area (Å²) in [5.74, 6) is 0.00201. The molecule has 2 heterocycles. The molecule has 24 heavy (non-hydrogen) atoms. The van der Waals surface area contributed by atoms with Crippen molar-refractivity contribution in [1.82, 2.24) is 10.2 Å². The van der Waals surface area contributed by atoms with Gasteiger partial charge in [0.05, 0.1) is 17.9 Å². The number of amides is 1. The predicted octanol–water partition coefficient (Wildman–Crippen LogP) is 2.97. The molecular formula is C14H16N4O3S3. The lowest BCUT2D eigenvalue weighted by molar-refractivity contribution is -0.113. The number of thioether (sulfide) groups is 1. The molecule has 7 nitrogen and oxygen atoms in total. The lowest BCUT2D eigenvalue weighted by Gasteiger charge is -2.07. The number of rotatable bonds is 7. The van der Waals surface area contributed by atoms with Gasteiger partial charge in [0, 0.05) is 0 Å². The average Bonchev–Trinajstić information content (AvgIpc) is 3.18. The van der Waals surface area contributed by atoms with E-state index in [0.717, 1.165) is 18.4 Å². The van der Waals surface area contributed by atoms with Crippen molar-refractivity contribution in [3.63, 3.8) is 0 Å². The standard InChI is InChI=1S/C14H16N4O3S3/c1-2-21-12(20)10-8(7-3-4-7)5-22-11(10)16-9(19)6-23-14-18-17-13(15)24-14/h5,7H,2-4,6H2,1H3,(H2,15,17)(H,16,19). The second-order valence-corrected chi connectivity index (χ2v) is 8.24. The third-order valence-corrected chi connectivity index (χ3v) is 6.12. The van der Waals surface area contributed by atoms with Crippen LogP contribution in [0.25, 0.3) is 0 Å². The maximum absolute atomic E-state index is 12.2. The molecular weight excluding hydrogens is 368 g/mol. The Hall–Kier alpha value is -1.65. The van der Waals surface area contributed by atoms with Crippen LogP contribution in [0.15, 0.2) is 9.72 Å². The highest BCUT2D eigenvalue weighted by molar-refractivity contribution is 8.01. The fourth-order valence-electron chi connectivity index (χ4n) is 2.14. The molecule has 0 atom stereocenters. The molecule has 0 aliphatic heterocycles. The number of nitrogens with two attached hydrogens (primary N) is 1. The molecule has 1 fully saturated rings. The number of hydrogen-bond donors (Lipinski definition) is 2. The van der Waals surface area contributed by atoms with Crippen molar-refractivity contribution in [2.45, 2.75) is 30.0 Å². The number of thiophene rings is 1. The van der Waals surface area contributed by atoms with Gasteiger partial charge >= 0.3 is 5.97 Å². The summed E-state index contributed by atoms with van der Waals surface area (Å²) in [7, 11) is 0. The largest absolute Gasteiger partial charge is 0.462 e. The molecule has 128 valence electrons. The number of carbonyl (C=O) groups is 2. The van der Waals surface area contributed by atoms with Crippen LogP contribution < -0.4 is 11.1 Å². The van der Waals surface area contributed by atoms with E-state index >= 15 is 0 Å². The summed E-state index contributed by atoms with van der Waals surface area (Å²) in [4.78, 5) is 24.4. The Balaban J connectivity index is 1.67. The number of carbonyl (C=O) groups excluding carboxylic acids is 2. The molecule has 10 heteroatoms. The zero-order valence-corrected chi connectivity index (χ0v) is 15.4. The monoisotopic (exact) mass is 384 g/mol. The lowest BCUT2D eigenvalue weighted by Crippen LogP contribution is -2.16. The maximum Gasteiger partial charge on any atom is 0.341 e. The summed E-state index contributed by atoms with van der Waals surface area (Å²) in [5.41, 5.74) is 7.00. The van der Waals surface area contributed by atoms with Gasteiger partial charge in [-0.05, 0) is 36.6 Å². The Labute approximate surface area is 151 Å². The Morgan fingerprint density at radius 2 is 2.25 bits per heavy atom. The van der Waals surface area contributed by atoms with Gasteiger partial charge in [-0.15, -0.1) is 21.5 Å². The quantitative estimate of drug-likeness (QED) is 0.558. The first-order valence-electron chi connectivity index (χ1n) is 7.38. The highest BCUT2D eigenvalue weighted by atomic mass is 32.2. The van der Waals surface area contributed by atoms with Gasteiger partial charge < -0.3 is 15.8 Å². The normalized spacial score (nSPS) is 13.7. The van der Waals surface area contributed by atoms with Gasteiger partial charge in [-0.1, -0.05) is 23.1 Å². The van der Waals surface area contributed by atoms with Crippen LogP contribution in [-0.4, -0.2) is 34.4 Å². The second-order valence-electron chi connectivity index (χ2n) is 5.13. The minimum Gasteiger partial charge on any atom is -0.462 e. The van der Waals surface area contributed by atoms with Gasteiger partial charge in [0.15, 0.2) is 4.34 Å². The van der Waals surface area contributed by atoms with Gasteiger partial charge in [0.1, 0.15) is 5.00 Å². The number of hydrogen-bond acceptors (Lipinski definition) is 9. The van der Waals surface area contributed by atoms with Gasteiger partial charge in [-0.2, -0.15) is 0 Å². The number of nitrogen functional groups attached to an aromatic ring is 1. The molecule has 1 saturated carbocycles. The predicted molar refractivity (Wildman–Crippen MR) is 95.9 cm³/mol. The highest BCUT2D eigenvalue weighted by Crippen LogP contribution is 2.46. The van der Waals surface area contributed by atoms with E-state index in [4.69, 9.17) is 10.5 Å². The van der Waals surface area contributed by atoms with Crippen LogP contribution in [0, 0.1) is 0 Å². The van der Waals surface area contributed by atoms with E-state index in [-0.39, 0.29) is 17.6 Å². The van der Waals surface area contributed by atoms with Crippen LogP contribution in [0.5, 0.6) is 0 Å². The van der Waals surface area contributed by atoms with Gasteiger partial charge in [-0.3, -0.25) is 4.79 Å². The third-order valence-electron chi connectivity index (χ3n) is 3.32. The van der Waals surface area contributed by atoms with Crippen molar-refractivity contribution in [2.24, 2.45) is 0 Å². The summed E-state index contributed by atoms with van der Waals surface area (Å²) >= 11 is 3.86. The first-order valence-corrected chi connectivity index (χ1v) is 10.1. The molecule has 1 aliphatic carbocycles. The molecule has 0 bridgehead atoms. The molecule has 0 spiro atoms. The number of nitrogens with one attached hydrogen (secondary N) is 1. The van der Waals surface area contributed by atoms with Gasteiger partial charge in [-0.25, -0.2) is 4.79 Å². The van der Waals surface area contributed by atoms with E-state index in [9.17, 15) is 9.59 Å². The van der Waals surface area contributed by atoms with E-state index < -0.39 is 0 Å². The van der Waals surface area contributed by atoms with E-state index in [2.05, 4.69) is 15.5 Å². The maximum atomic E-state index is 12.2. The minimum absolute atomic E-state index is 0.174. The highest BCUT2D eigenvalue weighted by Gasteiger charge is 2.32. The zero-order chi connectivity index (χ0) is 17.1. The van der Waals surface area contributed by atoms with Crippen LogP contribution >= 0.6 is 34.4 Å². The molecule has 2 aromatic heterocycles. The van der Waals surface area contributed by atoms with Crippen molar-refractivity contribution in [3.8, 4) is 0 Å². The number of nitrogens with zero attached hydrogens (tertiary/aromatic N) is 2. The van der Waals surface area contributed by atoms with Crippen molar-refractivity contribution >= 4 is 56.4 Å². The smallest absolute Gasteiger partial charge is 0.341 e. The van der Waals surface area contributed by atoms with Crippen molar-refractivity contribution in [2.75, 3.05) is 23.4 Å². The molecule has 1 amide bonds. The molecule has 3 N–H and O–H groups in total. The second kappa shape index (κ2) is 7.49. The molecule has 0 unspecified atom stereocenters. The van der Waals surface area contributed by atoms with Crippen LogP contribution in [0.2, 0.25) is 0 Å². The number of aromatic nitrogens is 2. The topological polar surface area (TPSA) is 107 Å². The Kier molecular flexibility index (Phi) is 5.36. The summed E-state index contributed by atoms with van der Waals surface area (Å²) in [6.07, 6.45) is 2.15. The molecule has 2 aromatic rings. The van der Waals surface area contributed by atoms with Crippen LogP contribution in [0.4, 0.5) is 10.1 Å². The summed E-state index contributed by atoms with van der Waals surface area (Å²) in [6, 6.07) is 0. The van der Waals surface area contributed by atoms with E-state index in [1.54, 1.807) is 6.92 Å². The third kappa shape index (κ3) is 4.05. The minimum atomic E-state index is -0.375. The lowest BCUT2D eigenvalue weighted by atomic mass is 10.1. The van der Waals surface area contributed by atoms with Crippen molar-refractivity contribution in [1.29, 1.82) is 0 Å². The first kappa shape index (κ1) is 17.2. The molecule has 3 rings (SSSR count). The first-order chi connectivity index (χ1) is 11.6. The molecule has 0 aromatic carbocycles. The molecule has 0 radical (unpaired) electrons. The summed E-state index contributed by atoms with van der Waals surface area (Å²) in [6.45, 7) is 2.07. The van der Waals surface area contributed by atoms with E-state index in [1.165, 1.54) is 34.4 Å². The zero-order valence-electron chi connectivity index (χ0n) is 12.9. The number of anilines is 2. The SMILES string of the molecule is CCOC(=O)c1c(C2CC2)csc1NC(=O)CSc1nnc(N)s1. The van der Waals surface area contributed by atoms with E-state index in [1.807, 2.05) is 5.38 Å². The Morgan fingerprint density at radius 3 is 2.88 bits per heavy atom. The molecule has 1 aliphatic rings.